The fraction of sp³-hybridized carbons (Fsp3) is 0.179. The summed E-state index contributed by atoms with van der Waals surface area (Å²) in [7, 11) is 0. The molecule has 1 aliphatic heterocycles. The van der Waals surface area contributed by atoms with Crippen LogP contribution in [0.5, 0.6) is 0 Å². The molecule has 0 aliphatic carbocycles. The van der Waals surface area contributed by atoms with Crippen LogP contribution >= 0.6 is 23.2 Å². The van der Waals surface area contributed by atoms with E-state index in [1.165, 1.54) is 18.2 Å². The van der Waals surface area contributed by atoms with Gasteiger partial charge in [0, 0.05) is 55.4 Å². The molecule has 3 heterocycles. The van der Waals surface area contributed by atoms with E-state index >= 15 is 0 Å². The second kappa shape index (κ2) is 10.9. The summed E-state index contributed by atoms with van der Waals surface area (Å²) >= 11 is 11.6. The van der Waals surface area contributed by atoms with Crippen molar-refractivity contribution in [3.63, 3.8) is 0 Å². The van der Waals surface area contributed by atoms with Gasteiger partial charge in [-0.2, -0.15) is 5.26 Å². The number of amides is 1. The number of nitriles is 1. The van der Waals surface area contributed by atoms with Crippen LogP contribution in [0, 0.1) is 23.0 Å². The van der Waals surface area contributed by atoms with Gasteiger partial charge >= 0.3 is 6.03 Å². The number of pyridine rings is 1. The molecule has 1 amide bonds. The van der Waals surface area contributed by atoms with Gasteiger partial charge < -0.3 is 5.32 Å². The van der Waals surface area contributed by atoms with Crippen LogP contribution in [0.3, 0.4) is 0 Å². The summed E-state index contributed by atoms with van der Waals surface area (Å²) in [5.74, 6) is -2.05. The van der Waals surface area contributed by atoms with Crippen LogP contribution in [0.1, 0.15) is 27.9 Å². The average molecular weight is 552 g/mol. The lowest BCUT2D eigenvalue weighted by Gasteiger charge is -2.27. The molecule has 2 aromatic carbocycles. The van der Waals surface area contributed by atoms with Gasteiger partial charge in [0.05, 0.1) is 22.2 Å². The molecule has 0 saturated heterocycles. The molecule has 0 radical (unpaired) electrons. The lowest BCUT2D eigenvalue weighted by molar-refractivity contribution is 0.240. The lowest BCUT2D eigenvalue weighted by Crippen LogP contribution is -2.34. The first kappa shape index (κ1) is 25.9. The van der Waals surface area contributed by atoms with Gasteiger partial charge in [-0.3, -0.25) is 9.47 Å². The van der Waals surface area contributed by atoms with Gasteiger partial charge in [-0.15, -0.1) is 0 Å². The highest BCUT2D eigenvalue weighted by molar-refractivity contribution is 6.30. The third-order valence-corrected chi connectivity index (χ3v) is 7.02. The van der Waals surface area contributed by atoms with Crippen molar-refractivity contribution in [1.29, 1.82) is 5.26 Å². The van der Waals surface area contributed by atoms with Crippen LogP contribution in [-0.4, -0.2) is 33.6 Å². The highest BCUT2D eigenvalue weighted by Gasteiger charge is 2.26. The Hall–Kier alpha value is -3.77. The number of fused-ring (bicyclic) bond motifs is 3. The Kier molecular flexibility index (Phi) is 7.43. The minimum Gasteiger partial charge on any atom is -0.333 e. The standard InChI is InChI=1S/C28H21Cl2F2N5O/c29-22-5-4-19(26(31)27(22)32)2-1-10-36-11-8-24-21(16-36)20-12-17(14-33)3-6-23(20)37(24)28(38)35-15-18-7-9-34-25(30)13-18/h1-7,9,12-13H,8,10-11,15-16H2,(H,35,38)/b2-1+. The summed E-state index contributed by atoms with van der Waals surface area (Å²) in [4.78, 5) is 19.4. The minimum atomic E-state index is -1.07. The van der Waals surface area contributed by atoms with Crippen molar-refractivity contribution < 1.29 is 13.6 Å². The monoisotopic (exact) mass is 551 g/mol. The van der Waals surface area contributed by atoms with E-state index < -0.39 is 11.6 Å². The van der Waals surface area contributed by atoms with Crippen LogP contribution in [0.25, 0.3) is 17.0 Å². The zero-order valence-electron chi connectivity index (χ0n) is 20.0. The van der Waals surface area contributed by atoms with Gasteiger partial charge in [-0.1, -0.05) is 41.4 Å². The van der Waals surface area contributed by atoms with Gasteiger partial charge in [0.25, 0.3) is 0 Å². The molecular weight excluding hydrogens is 531 g/mol. The molecule has 0 saturated carbocycles. The summed E-state index contributed by atoms with van der Waals surface area (Å²) in [6, 6.07) is 13.4. The summed E-state index contributed by atoms with van der Waals surface area (Å²) in [6.07, 6.45) is 5.47. The third-order valence-electron chi connectivity index (χ3n) is 6.52. The van der Waals surface area contributed by atoms with Gasteiger partial charge in [0.2, 0.25) is 0 Å². The van der Waals surface area contributed by atoms with E-state index in [1.807, 2.05) is 0 Å². The van der Waals surface area contributed by atoms with E-state index in [-0.39, 0.29) is 23.2 Å². The van der Waals surface area contributed by atoms with E-state index in [0.717, 1.165) is 27.7 Å². The predicted molar refractivity (Wildman–Crippen MR) is 143 cm³/mol. The van der Waals surface area contributed by atoms with Crippen LogP contribution in [0.15, 0.2) is 54.7 Å². The number of rotatable bonds is 5. The number of halogens is 4. The molecule has 0 fully saturated rings. The second-order valence-electron chi connectivity index (χ2n) is 8.90. The molecule has 0 atom stereocenters. The molecule has 0 spiro atoms. The van der Waals surface area contributed by atoms with Crippen molar-refractivity contribution in [1.82, 2.24) is 19.8 Å². The SMILES string of the molecule is N#Cc1ccc2c(c1)c1c(n2C(=O)NCc2ccnc(Cl)c2)CCN(C/C=C/c2ccc(Cl)c(F)c2F)C1. The zero-order valence-corrected chi connectivity index (χ0v) is 21.5. The van der Waals surface area contributed by atoms with Crippen molar-refractivity contribution in [2.75, 3.05) is 13.1 Å². The van der Waals surface area contributed by atoms with Crippen molar-refractivity contribution in [2.24, 2.45) is 0 Å². The highest BCUT2D eigenvalue weighted by Crippen LogP contribution is 2.32. The van der Waals surface area contributed by atoms with E-state index in [4.69, 9.17) is 23.2 Å². The summed E-state index contributed by atoms with van der Waals surface area (Å²) < 4.78 is 29.6. The molecule has 0 unspecified atom stereocenters. The first-order valence-electron chi connectivity index (χ1n) is 11.8. The number of nitrogens with one attached hydrogen (secondary N) is 1. The third kappa shape index (κ3) is 5.14. The summed E-state index contributed by atoms with van der Waals surface area (Å²) in [5.41, 5.74) is 4.00. The van der Waals surface area contributed by atoms with Crippen LogP contribution < -0.4 is 5.32 Å². The average Bonchev–Trinajstić information content (AvgIpc) is 3.24. The van der Waals surface area contributed by atoms with E-state index in [2.05, 4.69) is 21.3 Å². The van der Waals surface area contributed by atoms with Crippen molar-refractivity contribution >= 4 is 46.2 Å². The van der Waals surface area contributed by atoms with E-state index in [9.17, 15) is 18.8 Å². The number of hydrogen-bond donors (Lipinski definition) is 1. The molecule has 0 bridgehead atoms. The molecule has 10 heteroatoms. The van der Waals surface area contributed by atoms with Crippen LogP contribution in [-0.2, 0) is 19.5 Å². The molecule has 192 valence electrons. The predicted octanol–water partition coefficient (Wildman–Crippen LogP) is 6.32. The van der Waals surface area contributed by atoms with Crippen molar-refractivity contribution in [3.05, 3.63) is 104 Å². The first-order valence-corrected chi connectivity index (χ1v) is 12.6. The molecule has 1 N–H and O–H groups in total. The van der Waals surface area contributed by atoms with Crippen molar-refractivity contribution in [2.45, 2.75) is 19.5 Å². The Morgan fingerprint density at radius 2 is 2.00 bits per heavy atom. The van der Waals surface area contributed by atoms with Gasteiger partial charge in [-0.25, -0.2) is 18.6 Å². The lowest BCUT2D eigenvalue weighted by atomic mass is 10.0. The number of benzene rings is 2. The Bertz CT molecular complexity index is 1630. The van der Waals surface area contributed by atoms with Crippen LogP contribution in [0.4, 0.5) is 13.6 Å². The van der Waals surface area contributed by atoms with Gasteiger partial charge in [-0.05, 0) is 47.5 Å². The molecule has 6 nitrogen and oxygen atoms in total. The maximum atomic E-state index is 14.1. The number of carbonyl (C=O) groups is 1. The zero-order chi connectivity index (χ0) is 26.8. The Morgan fingerprint density at radius 3 is 2.79 bits per heavy atom. The van der Waals surface area contributed by atoms with E-state index in [0.29, 0.717) is 36.8 Å². The summed E-state index contributed by atoms with van der Waals surface area (Å²) in [5, 5.41) is 13.3. The smallest absolute Gasteiger partial charge is 0.326 e. The molecule has 4 aromatic rings. The molecule has 5 rings (SSSR count). The van der Waals surface area contributed by atoms with Gasteiger partial charge in [0.15, 0.2) is 11.6 Å². The number of nitrogens with zero attached hydrogens (tertiary/aromatic N) is 4. The molecule has 38 heavy (non-hydrogen) atoms. The number of aromatic nitrogens is 2. The fourth-order valence-corrected chi connectivity index (χ4v) is 5.02. The maximum absolute atomic E-state index is 14.1. The topological polar surface area (TPSA) is 74.0 Å². The van der Waals surface area contributed by atoms with Gasteiger partial charge in [0.1, 0.15) is 5.15 Å². The summed E-state index contributed by atoms with van der Waals surface area (Å²) in [6.45, 7) is 1.96. The number of carbonyl (C=O) groups excluding carboxylic acids is 1. The normalized spacial score (nSPS) is 13.6. The second-order valence-corrected chi connectivity index (χ2v) is 9.70. The molecule has 1 aliphatic rings. The minimum absolute atomic E-state index is 0.118. The van der Waals surface area contributed by atoms with E-state index in [1.54, 1.807) is 47.2 Å². The highest BCUT2D eigenvalue weighted by atomic mass is 35.5. The Morgan fingerprint density at radius 1 is 1.16 bits per heavy atom. The van der Waals surface area contributed by atoms with Crippen LogP contribution in [0.2, 0.25) is 10.2 Å². The maximum Gasteiger partial charge on any atom is 0.326 e. The Labute approximate surface area is 227 Å². The molecular formula is C28H21Cl2F2N5O. The Balaban J connectivity index is 1.39. The van der Waals surface area contributed by atoms with Crippen molar-refractivity contribution in [3.8, 4) is 6.07 Å². The first-order chi connectivity index (χ1) is 18.4. The quantitative estimate of drug-likeness (QED) is 0.232. The fourth-order valence-electron chi connectivity index (χ4n) is 4.68. The molecule has 2 aromatic heterocycles. The number of hydrogen-bond acceptors (Lipinski definition) is 4. The largest absolute Gasteiger partial charge is 0.333 e.